The fourth-order valence-corrected chi connectivity index (χ4v) is 11.4. The maximum absolute atomic E-state index is 6.67. The van der Waals surface area contributed by atoms with Crippen LogP contribution < -0.4 is 9.64 Å². The predicted molar refractivity (Wildman–Crippen MR) is 279 cm³/mol. The Hall–Kier alpha value is -8.46. The monoisotopic (exact) mass is 855 g/mol. The fraction of sp³-hybridized carbons (Fsp3) is 0.0462. The summed E-state index contributed by atoms with van der Waals surface area (Å²) in [4.78, 5) is 2.49. The minimum Gasteiger partial charge on any atom is -0.457 e. The molecule has 0 bridgehead atoms. The molecule has 0 fully saturated rings. The van der Waals surface area contributed by atoms with Gasteiger partial charge in [0.25, 0.3) is 0 Å². The standard InChI is InChI=1S/C65H45NO/c1-2-20-44(21-3-1)50-27-6-7-28-52(50)53-29-8-9-30-54(53)56-32-11-15-37-62(56)66(47-25-18-24-46(42-47)51-33-19-23-45-22-4-5-26-49(45)51)48-40-41-59-57(43-48)55-31-10-12-34-58(55)65(59)60-35-13-16-38-63(60)67-64-39-17-14-36-61(64)65/h1-6,8-27,29-43H,7,28H2. The van der Waals surface area contributed by atoms with Crippen LogP contribution in [0.1, 0.15) is 46.2 Å². The lowest BCUT2D eigenvalue weighted by atomic mass is 9.66. The molecule has 1 heterocycles. The molecule has 2 aliphatic carbocycles. The second-order valence-electron chi connectivity index (χ2n) is 17.8. The average molecular weight is 856 g/mol. The quantitative estimate of drug-likeness (QED) is 0.158. The van der Waals surface area contributed by atoms with Crippen molar-refractivity contribution in [1.29, 1.82) is 0 Å². The molecule has 10 aromatic rings. The Morgan fingerprint density at radius 1 is 0.388 bits per heavy atom. The molecule has 316 valence electrons. The van der Waals surface area contributed by atoms with Gasteiger partial charge in [0, 0.05) is 28.1 Å². The molecule has 0 amide bonds. The van der Waals surface area contributed by atoms with Gasteiger partial charge in [-0.25, -0.2) is 0 Å². The van der Waals surface area contributed by atoms with E-state index in [1.807, 2.05) is 0 Å². The Labute approximate surface area is 392 Å². The van der Waals surface area contributed by atoms with Crippen molar-refractivity contribution in [3.05, 3.63) is 282 Å². The fourth-order valence-electron chi connectivity index (χ4n) is 11.4. The summed E-state index contributed by atoms with van der Waals surface area (Å²) < 4.78 is 6.67. The number of anilines is 3. The number of hydrogen-bond donors (Lipinski definition) is 0. The van der Waals surface area contributed by atoms with Crippen molar-refractivity contribution in [2.75, 3.05) is 4.90 Å². The van der Waals surface area contributed by atoms with E-state index in [2.05, 4.69) is 254 Å². The van der Waals surface area contributed by atoms with Gasteiger partial charge < -0.3 is 9.64 Å². The molecule has 3 aliphatic rings. The zero-order valence-corrected chi connectivity index (χ0v) is 36.9. The summed E-state index contributed by atoms with van der Waals surface area (Å²) in [7, 11) is 0. The lowest BCUT2D eigenvalue weighted by Crippen LogP contribution is -2.32. The maximum Gasteiger partial charge on any atom is 0.132 e. The summed E-state index contributed by atoms with van der Waals surface area (Å²) in [6, 6.07) is 86.7. The van der Waals surface area contributed by atoms with Crippen molar-refractivity contribution < 1.29 is 4.74 Å². The van der Waals surface area contributed by atoms with Gasteiger partial charge in [-0.05, 0) is 127 Å². The number of para-hydroxylation sites is 3. The van der Waals surface area contributed by atoms with Gasteiger partial charge in [-0.1, -0.05) is 206 Å². The number of fused-ring (bicyclic) bond motifs is 10. The first kappa shape index (κ1) is 39.0. The first-order chi connectivity index (χ1) is 33.3. The maximum atomic E-state index is 6.67. The number of nitrogens with zero attached hydrogens (tertiary/aromatic N) is 1. The minimum atomic E-state index is -0.551. The molecule has 2 nitrogen and oxygen atoms in total. The van der Waals surface area contributed by atoms with Crippen molar-refractivity contribution in [3.8, 4) is 44.9 Å². The van der Waals surface area contributed by atoms with E-state index in [0.29, 0.717) is 0 Å². The van der Waals surface area contributed by atoms with Crippen molar-refractivity contribution in [3.63, 3.8) is 0 Å². The number of benzene rings is 10. The van der Waals surface area contributed by atoms with Gasteiger partial charge in [-0.2, -0.15) is 0 Å². The normalized spacial score (nSPS) is 14.0. The van der Waals surface area contributed by atoms with Crippen LogP contribution in [0.4, 0.5) is 17.1 Å². The van der Waals surface area contributed by atoms with Gasteiger partial charge in [0.2, 0.25) is 0 Å². The van der Waals surface area contributed by atoms with Crippen LogP contribution in [0.5, 0.6) is 11.5 Å². The molecule has 0 aromatic heterocycles. The van der Waals surface area contributed by atoms with Crippen LogP contribution in [0.15, 0.2) is 249 Å². The molecule has 0 unspecified atom stereocenters. The third kappa shape index (κ3) is 6.18. The van der Waals surface area contributed by atoms with E-state index in [-0.39, 0.29) is 0 Å². The van der Waals surface area contributed by atoms with Crippen LogP contribution in [0, 0.1) is 0 Å². The number of rotatable bonds is 7. The van der Waals surface area contributed by atoms with Gasteiger partial charge in [0.15, 0.2) is 0 Å². The smallest absolute Gasteiger partial charge is 0.132 e. The number of allylic oxidation sites excluding steroid dienone is 4. The molecule has 10 aromatic carbocycles. The highest BCUT2D eigenvalue weighted by molar-refractivity contribution is 6.03. The number of hydrogen-bond acceptors (Lipinski definition) is 2. The van der Waals surface area contributed by atoms with Crippen LogP contribution in [0.25, 0.3) is 55.3 Å². The molecule has 0 saturated carbocycles. The Morgan fingerprint density at radius 2 is 0.970 bits per heavy atom. The molecule has 0 radical (unpaired) electrons. The van der Waals surface area contributed by atoms with Gasteiger partial charge in [-0.3, -0.25) is 0 Å². The summed E-state index contributed by atoms with van der Waals surface area (Å²) in [5.74, 6) is 1.79. The highest BCUT2D eigenvalue weighted by Gasteiger charge is 2.51. The summed E-state index contributed by atoms with van der Waals surface area (Å²) in [5.41, 5.74) is 20.0. The third-order valence-electron chi connectivity index (χ3n) is 14.2. The van der Waals surface area contributed by atoms with Crippen molar-refractivity contribution >= 4 is 39.0 Å². The summed E-state index contributed by atoms with van der Waals surface area (Å²) in [6.45, 7) is 0. The van der Waals surface area contributed by atoms with E-state index in [4.69, 9.17) is 4.74 Å². The highest BCUT2D eigenvalue weighted by Crippen LogP contribution is 2.62. The minimum absolute atomic E-state index is 0.551. The Bertz CT molecular complexity index is 3580. The van der Waals surface area contributed by atoms with Crippen LogP contribution in [0.3, 0.4) is 0 Å². The van der Waals surface area contributed by atoms with Crippen molar-refractivity contribution in [2.24, 2.45) is 0 Å². The average Bonchev–Trinajstić information content (AvgIpc) is 3.69. The van der Waals surface area contributed by atoms with E-state index in [1.54, 1.807) is 0 Å². The van der Waals surface area contributed by atoms with Gasteiger partial charge in [-0.15, -0.1) is 0 Å². The molecule has 0 saturated heterocycles. The van der Waals surface area contributed by atoms with Crippen LogP contribution in [0.2, 0.25) is 0 Å². The molecule has 1 spiro atoms. The molecule has 13 rings (SSSR count). The largest absolute Gasteiger partial charge is 0.457 e. The summed E-state index contributed by atoms with van der Waals surface area (Å²) in [6.07, 6.45) is 6.63. The van der Waals surface area contributed by atoms with Gasteiger partial charge >= 0.3 is 0 Å². The van der Waals surface area contributed by atoms with E-state index < -0.39 is 5.41 Å². The van der Waals surface area contributed by atoms with Gasteiger partial charge in [0.1, 0.15) is 11.5 Å². The van der Waals surface area contributed by atoms with E-state index in [9.17, 15) is 0 Å². The predicted octanol–water partition coefficient (Wildman–Crippen LogP) is 17.4. The van der Waals surface area contributed by atoms with Gasteiger partial charge in [0.05, 0.1) is 11.1 Å². The Kier molecular flexibility index (Phi) is 9.25. The summed E-state index contributed by atoms with van der Waals surface area (Å²) >= 11 is 0. The van der Waals surface area contributed by atoms with E-state index in [1.165, 1.54) is 77.6 Å². The first-order valence-electron chi connectivity index (χ1n) is 23.4. The second kappa shape index (κ2) is 15.9. The van der Waals surface area contributed by atoms with Crippen molar-refractivity contribution in [2.45, 2.75) is 18.3 Å². The first-order valence-corrected chi connectivity index (χ1v) is 23.4. The van der Waals surface area contributed by atoms with Crippen molar-refractivity contribution in [1.82, 2.24) is 0 Å². The molecular weight excluding hydrogens is 811 g/mol. The highest BCUT2D eigenvalue weighted by atomic mass is 16.5. The third-order valence-corrected chi connectivity index (χ3v) is 14.2. The molecule has 1 aliphatic heterocycles. The van der Waals surface area contributed by atoms with E-state index >= 15 is 0 Å². The number of ether oxygens (including phenoxy) is 1. The topological polar surface area (TPSA) is 12.5 Å². The zero-order valence-electron chi connectivity index (χ0n) is 36.9. The molecule has 2 heteroatoms. The summed E-state index contributed by atoms with van der Waals surface area (Å²) in [5, 5.41) is 2.47. The van der Waals surface area contributed by atoms with E-state index in [0.717, 1.165) is 52.5 Å². The zero-order chi connectivity index (χ0) is 44.3. The molecule has 67 heavy (non-hydrogen) atoms. The lowest BCUT2D eigenvalue weighted by Gasteiger charge is -2.39. The van der Waals surface area contributed by atoms with Crippen LogP contribution in [-0.2, 0) is 5.41 Å². The SMILES string of the molecule is C1=CC(c2ccccc2)=C(c2ccccc2-c2ccccc2N(c2cccc(-c3cccc4ccccc34)c2)c2ccc3c(c2)-c2ccccc2C32c3ccccc3Oc3ccccc32)CC1. The lowest BCUT2D eigenvalue weighted by molar-refractivity contribution is 0.436. The molecule has 0 atom stereocenters. The molecule has 0 N–H and O–H groups in total. The second-order valence-corrected chi connectivity index (χ2v) is 17.8. The Morgan fingerprint density at radius 3 is 1.79 bits per heavy atom. The van der Waals surface area contributed by atoms with Crippen LogP contribution in [-0.4, -0.2) is 0 Å². The molecular formula is C65H45NO. The Balaban J connectivity index is 1.06. The van der Waals surface area contributed by atoms with Crippen LogP contribution >= 0.6 is 0 Å².